The minimum atomic E-state index is 0.118. The van der Waals surface area contributed by atoms with Crippen molar-refractivity contribution in [2.45, 2.75) is 45.2 Å². The van der Waals surface area contributed by atoms with E-state index in [-0.39, 0.29) is 12.1 Å². The summed E-state index contributed by atoms with van der Waals surface area (Å²) in [4.78, 5) is 2.57. The first-order valence-electron chi connectivity index (χ1n) is 7.79. The fourth-order valence-electron chi connectivity index (χ4n) is 2.94. The molecule has 1 aliphatic rings. The van der Waals surface area contributed by atoms with E-state index >= 15 is 0 Å². The lowest BCUT2D eigenvalue weighted by Crippen LogP contribution is -2.41. The molecular formula is C17H28N2O. The number of hydrogen-bond acceptors (Lipinski definition) is 3. The van der Waals surface area contributed by atoms with Crippen LogP contribution < -0.4 is 10.5 Å². The largest absolute Gasteiger partial charge is 0.497 e. The van der Waals surface area contributed by atoms with Gasteiger partial charge < -0.3 is 10.5 Å². The van der Waals surface area contributed by atoms with Crippen molar-refractivity contribution in [2.24, 2.45) is 11.7 Å². The van der Waals surface area contributed by atoms with E-state index in [1.807, 2.05) is 6.07 Å². The van der Waals surface area contributed by atoms with Gasteiger partial charge in [0.15, 0.2) is 0 Å². The van der Waals surface area contributed by atoms with Gasteiger partial charge in [-0.3, -0.25) is 4.90 Å². The molecule has 0 saturated heterocycles. The van der Waals surface area contributed by atoms with Crippen molar-refractivity contribution in [1.82, 2.24) is 4.90 Å². The van der Waals surface area contributed by atoms with Crippen LogP contribution in [0.4, 0.5) is 0 Å². The number of nitrogens with two attached hydrogens (primary N) is 1. The van der Waals surface area contributed by atoms with Crippen LogP contribution in [0.15, 0.2) is 24.3 Å². The summed E-state index contributed by atoms with van der Waals surface area (Å²) in [6.45, 7) is 6.64. The van der Waals surface area contributed by atoms with Crippen molar-refractivity contribution in [1.29, 1.82) is 0 Å². The highest BCUT2D eigenvalue weighted by molar-refractivity contribution is 5.31. The van der Waals surface area contributed by atoms with Crippen LogP contribution in [0.5, 0.6) is 5.75 Å². The average molecular weight is 276 g/mol. The number of hydrogen-bond donors (Lipinski definition) is 1. The van der Waals surface area contributed by atoms with Crippen LogP contribution in [0, 0.1) is 5.92 Å². The van der Waals surface area contributed by atoms with Gasteiger partial charge >= 0.3 is 0 Å². The summed E-state index contributed by atoms with van der Waals surface area (Å²) in [7, 11) is 1.72. The normalized spacial score (nSPS) is 18.1. The Morgan fingerprint density at radius 1 is 1.40 bits per heavy atom. The summed E-state index contributed by atoms with van der Waals surface area (Å²) in [5.74, 6) is 1.80. The van der Waals surface area contributed by atoms with Gasteiger partial charge in [-0.25, -0.2) is 0 Å². The van der Waals surface area contributed by atoms with Gasteiger partial charge in [-0.15, -0.1) is 0 Å². The first kappa shape index (κ1) is 15.3. The van der Waals surface area contributed by atoms with E-state index in [0.29, 0.717) is 0 Å². The highest BCUT2D eigenvalue weighted by Crippen LogP contribution is 2.34. The number of nitrogens with zero attached hydrogens (tertiary/aromatic N) is 1. The van der Waals surface area contributed by atoms with Gasteiger partial charge in [-0.2, -0.15) is 0 Å². The SMILES string of the molecule is CCCN(CC1CC1)C(c1cccc(OC)c1)C(C)N. The van der Waals surface area contributed by atoms with Crippen molar-refractivity contribution >= 4 is 0 Å². The zero-order valence-electron chi connectivity index (χ0n) is 13.0. The van der Waals surface area contributed by atoms with Gasteiger partial charge in [-0.05, 0) is 56.3 Å². The molecule has 3 nitrogen and oxygen atoms in total. The molecule has 1 fully saturated rings. The van der Waals surface area contributed by atoms with E-state index in [2.05, 4.69) is 36.9 Å². The average Bonchev–Trinajstić information content (AvgIpc) is 3.23. The van der Waals surface area contributed by atoms with E-state index in [9.17, 15) is 0 Å². The lowest BCUT2D eigenvalue weighted by Gasteiger charge is -2.34. The topological polar surface area (TPSA) is 38.5 Å². The molecule has 1 saturated carbocycles. The van der Waals surface area contributed by atoms with Gasteiger partial charge in [0.1, 0.15) is 5.75 Å². The van der Waals surface area contributed by atoms with E-state index in [4.69, 9.17) is 10.5 Å². The molecule has 3 heteroatoms. The van der Waals surface area contributed by atoms with E-state index in [1.165, 1.54) is 31.4 Å². The van der Waals surface area contributed by atoms with Crippen LogP contribution in [0.1, 0.15) is 44.7 Å². The predicted octanol–water partition coefficient (Wildman–Crippen LogP) is 3.21. The Hall–Kier alpha value is -1.06. The minimum absolute atomic E-state index is 0.118. The monoisotopic (exact) mass is 276 g/mol. The number of ether oxygens (including phenoxy) is 1. The molecule has 20 heavy (non-hydrogen) atoms. The van der Waals surface area contributed by atoms with Gasteiger partial charge in [0.05, 0.1) is 7.11 Å². The molecule has 0 bridgehead atoms. The predicted molar refractivity (Wildman–Crippen MR) is 84.0 cm³/mol. The Labute approximate surface area is 123 Å². The molecule has 0 radical (unpaired) electrons. The molecule has 2 N–H and O–H groups in total. The molecule has 112 valence electrons. The molecule has 0 aromatic heterocycles. The number of rotatable bonds is 8. The van der Waals surface area contributed by atoms with Crippen LogP contribution in [0.25, 0.3) is 0 Å². The second-order valence-electron chi connectivity index (χ2n) is 6.02. The first-order valence-corrected chi connectivity index (χ1v) is 7.79. The molecule has 2 rings (SSSR count). The summed E-state index contributed by atoms with van der Waals surface area (Å²) in [5, 5.41) is 0. The van der Waals surface area contributed by atoms with E-state index in [1.54, 1.807) is 7.11 Å². The smallest absolute Gasteiger partial charge is 0.119 e. The van der Waals surface area contributed by atoms with Gasteiger partial charge in [0.25, 0.3) is 0 Å². The third-order valence-electron chi connectivity index (χ3n) is 4.03. The van der Waals surface area contributed by atoms with Crippen molar-refractivity contribution in [3.63, 3.8) is 0 Å². The number of methoxy groups -OCH3 is 1. The van der Waals surface area contributed by atoms with Crippen molar-refractivity contribution in [3.8, 4) is 5.75 Å². The maximum atomic E-state index is 6.31. The summed E-state index contributed by atoms with van der Waals surface area (Å²) >= 11 is 0. The third kappa shape index (κ3) is 3.97. The lowest BCUT2D eigenvalue weighted by molar-refractivity contribution is 0.168. The molecule has 1 aromatic carbocycles. The molecule has 2 atom stereocenters. The first-order chi connectivity index (χ1) is 9.65. The van der Waals surface area contributed by atoms with E-state index < -0.39 is 0 Å². The zero-order valence-corrected chi connectivity index (χ0v) is 13.0. The second kappa shape index (κ2) is 7.09. The Morgan fingerprint density at radius 2 is 2.15 bits per heavy atom. The molecular weight excluding hydrogens is 248 g/mol. The Balaban J connectivity index is 2.21. The van der Waals surface area contributed by atoms with Gasteiger partial charge in [-0.1, -0.05) is 19.1 Å². The van der Waals surface area contributed by atoms with Crippen LogP contribution in [-0.2, 0) is 0 Å². The summed E-state index contributed by atoms with van der Waals surface area (Å²) < 4.78 is 5.36. The second-order valence-corrected chi connectivity index (χ2v) is 6.02. The van der Waals surface area contributed by atoms with Crippen molar-refractivity contribution in [2.75, 3.05) is 20.2 Å². The number of benzene rings is 1. The highest BCUT2D eigenvalue weighted by atomic mass is 16.5. The highest BCUT2D eigenvalue weighted by Gasteiger charge is 2.30. The molecule has 1 aromatic rings. The molecule has 0 heterocycles. The molecule has 0 amide bonds. The fraction of sp³-hybridized carbons (Fsp3) is 0.647. The fourth-order valence-corrected chi connectivity index (χ4v) is 2.94. The van der Waals surface area contributed by atoms with Gasteiger partial charge in [0, 0.05) is 18.6 Å². The summed E-state index contributed by atoms with van der Waals surface area (Å²) in [6, 6.07) is 8.76. The Morgan fingerprint density at radius 3 is 2.70 bits per heavy atom. The van der Waals surface area contributed by atoms with Crippen LogP contribution >= 0.6 is 0 Å². The standard InChI is InChI=1S/C17H28N2O/c1-4-10-19(12-14-8-9-14)17(13(2)18)15-6-5-7-16(11-15)20-3/h5-7,11,13-14,17H,4,8-10,12,18H2,1-3H3. The quantitative estimate of drug-likeness (QED) is 0.792. The van der Waals surface area contributed by atoms with Crippen LogP contribution in [-0.4, -0.2) is 31.1 Å². The molecule has 2 unspecified atom stereocenters. The zero-order chi connectivity index (χ0) is 14.5. The van der Waals surface area contributed by atoms with Gasteiger partial charge in [0.2, 0.25) is 0 Å². The maximum Gasteiger partial charge on any atom is 0.119 e. The Bertz CT molecular complexity index is 415. The molecule has 0 aliphatic heterocycles. The Kier molecular flexibility index (Phi) is 5.44. The summed E-state index contributed by atoms with van der Waals surface area (Å²) in [5.41, 5.74) is 7.58. The lowest BCUT2D eigenvalue weighted by atomic mass is 9.98. The molecule has 1 aliphatic carbocycles. The van der Waals surface area contributed by atoms with Crippen molar-refractivity contribution < 1.29 is 4.74 Å². The van der Waals surface area contributed by atoms with E-state index in [0.717, 1.165) is 18.2 Å². The van der Waals surface area contributed by atoms with Crippen molar-refractivity contribution in [3.05, 3.63) is 29.8 Å². The minimum Gasteiger partial charge on any atom is -0.497 e. The summed E-state index contributed by atoms with van der Waals surface area (Å²) in [6.07, 6.45) is 3.92. The van der Waals surface area contributed by atoms with Crippen LogP contribution in [0.3, 0.4) is 0 Å². The molecule has 0 spiro atoms. The third-order valence-corrected chi connectivity index (χ3v) is 4.03. The maximum absolute atomic E-state index is 6.31. The van der Waals surface area contributed by atoms with Crippen LogP contribution in [0.2, 0.25) is 0 Å².